The summed E-state index contributed by atoms with van der Waals surface area (Å²) in [5.41, 5.74) is 4.64. The molecule has 2 nitrogen and oxygen atoms in total. The van der Waals surface area contributed by atoms with Crippen molar-refractivity contribution >= 4 is 43.4 Å². The molecular formula is C24H20N2. The lowest BCUT2D eigenvalue weighted by molar-refractivity contribution is 1.07. The Bertz CT molecular complexity index is 1300. The van der Waals surface area contributed by atoms with E-state index in [9.17, 15) is 0 Å². The largest absolute Gasteiger partial charge is 0.256 e. The smallest absolute Gasteiger partial charge is 0.0714 e. The van der Waals surface area contributed by atoms with Gasteiger partial charge in [-0.3, -0.25) is 9.97 Å². The lowest BCUT2D eigenvalue weighted by atomic mass is 9.93. The predicted molar refractivity (Wildman–Crippen MR) is 111 cm³/mol. The van der Waals surface area contributed by atoms with Crippen LogP contribution in [0.25, 0.3) is 43.4 Å². The molecule has 0 aliphatic heterocycles. The first kappa shape index (κ1) is 15.3. The topological polar surface area (TPSA) is 25.8 Å². The van der Waals surface area contributed by atoms with E-state index in [-0.39, 0.29) is 0 Å². The molecule has 0 unspecified atom stereocenters. The third kappa shape index (κ3) is 2.12. The van der Waals surface area contributed by atoms with E-state index in [1.165, 1.54) is 43.6 Å². The number of rotatable bonds is 2. The Morgan fingerprint density at radius 3 is 2.38 bits per heavy atom. The van der Waals surface area contributed by atoms with Crippen LogP contribution in [0.1, 0.15) is 25.1 Å². The molecule has 3 aromatic carbocycles. The van der Waals surface area contributed by atoms with Crippen LogP contribution in [0.15, 0.2) is 60.8 Å². The molecule has 2 aromatic heterocycles. The summed E-state index contributed by atoms with van der Waals surface area (Å²) >= 11 is 0. The number of hydrogen-bond donors (Lipinski definition) is 0. The second-order valence-electron chi connectivity index (χ2n) is 6.84. The molecule has 0 aliphatic carbocycles. The van der Waals surface area contributed by atoms with Crippen molar-refractivity contribution in [1.82, 2.24) is 9.97 Å². The molecule has 2 heteroatoms. The third-order valence-corrected chi connectivity index (χ3v) is 5.41. The predicted octanol–water partition coefficient (Wildman–Crippen LogP) is 6.21. The first-order valence-electron chi connectivity index (χ1n) is 9.32. The Morgan fingerprint density at radius 2 is 1.54 bits per heavy atom. The van der Waals surface area contributed by atoms with E-state index < -0.39 is 0 Å². The van der Waals surface area contributed by atoms with Gasteiger partial charge in [0.2, 0.25) is 0 Å². The molecule has 0 atom stereocenters. The standard InChI is InChI=1S/C24H20N2/c1-3-15-7-10-19-22(14-15)26-20(4-2)18-11-8-16-9-12-21-17(6-5-13-25-21)23(16)24(18)19/h5-14H,3-4H2,1-2H3. The zero-order valence-electron chi connectivity index (χ0n) is 15.1. The zero-order valence-corrected chi connectivity index (χ0v) is 15.1. The Balaban J connectivity index is 2.11. The van der Waals surface area contributed by atoms with E-state index in [0.29, 0.717) is 0 Å². The summed E-state index contributed by atoms with van der Waals surface area (Å²) in [5, 5.41) is 7.56. The van der Waals surface area contributed by atoms with Gasteiger partial charge in [0.25, 0.3) is 0 Å². The van der Waals surface area contributed by atoms with Crippen molar-refractivity contribution in [2.45, 2.75) is 26.7 Å². The van der Waals surface area contributed by atoms with Gasteiger partial charge in [-0.2, -0.15) is 0 Å². The highest BCUT2D eigenvalue weighted by molar-refractivity contribution is 6.27. The highest BCUT2D eigenvalue weighted by Crippen LogP contribution is 2.37. The summed E-state index contributed by atoms with van der Waals surface area (Å²) < 4.78 is 0. The van der Waals surface area contributed by atoms with Crippen molar-refractivity contribution in [2.75, 3.05) is 0 Å². The average Bonchev–Trinajstić information content (AvgIpc) is 2.71. The van der Waals surface area contributed by atoms with Crippen LogP contribution in [-0.2, 0) is 12.8 Å². The quantitative estimate of drug-likeness (QED) is 0.358. The van der Waals surface area contributed by atoms with Crippen LogP contribution < -0.4 is 0 Å². The first-order valence-corrected chi connectivity index (χ1v) is 9.32. The molecule has 26 heavy (non-hydrogen) atoms. The van der Waals surface area contributed by atoms with E-state index in [1.54, 1.807) is 0 Å². The molecule has 0 amide bonds. The SMILES string of the molecule is CCc1ccc2c(c1)nc(CC)c1ccc3ccc4ncccc4c3c12. The average molecular weight is 336 g/mol. The maximum absolute atomic E-state index is 5.00. The summed E-state index contributed by atoms with van der Waals surface area (Å²) in [6.45, 7) is 4.38. The number of hydrogen-bond acceptors (Lipinski definition) is 2. The Morgan fingerprint density at radius 1 is 0.731 bits per heavy atom. The van der Waals surface area contributed by atoms with Crippen LogP contribution in [0, 0.1) is 0 Å². The lowest BCUT2D eigenvalue weighted by Gasteiger charge is -2.13. The van der Waals surface area contributed by atoms with Crippen LogP contribution in [-0.4, -0.2) is 9.97 Å². The second-order valence-corrected chi connectivity index (χ2v) is 6.84. The number of nitrogens with zero attached hydrogens (tertiary/aromatic N) is 2. The monoisotopic (exact) mass is 336 g/mol. The van der Waals surface area contributed by atoms with Crippen LogP contribution in [0.4, 0.5) is 0 Å². The van der Waals surface area contributed by atoms with Gasteiger partial charge in [0.05, 0.1) is 11.0 Å². The minimum Gasteiger partial charge on any atom is -0.256 e. The number of aryl methyl sites for hydroxylation is 2. The molecule has 0 bridgehead atoms. The molecule has 0 saturated heterocycles. The first-order chi connectivity index (χ1) is 12.8. The highest BCUT2D eigenvalue weighted by atomic mass is 14.7. The fraction of sp³-hybridized carbons (Fsp3) is 0.167. The molecule has 0 aliphatic rings. The van der Waals surface area contributed by atoms with Crippen molar-refractivity contribution in [2.24, 2.45) is 0 Å². The molecule has 0 radical (unpaired) electrons. The van der Waals surface area contributed by atoms with E-state index >= 15 is 0 Å². The Hall–Kier alpha value is -3.00. The summed E-state index contributed by atoms with van der Waals surface area (Å²) in [6.07, 6.45) is 3.82. The summed E-state index contributed by atoms with van der Waals surface area (Å²) in [4.78, 5) is 9.57. The van der Waals surface area contributed by atoms with Gasteiger partial charge in [0.15, 0.2) is 0 Å². The van der Waals surface area contributed by atoms with Gasteiger partial charge >= 0.3 is 0 Å². The minimum atomic E-state index is 0.928. The van der Waals surface area contributed by atoms with Gasteiger partial charge in [0, 0.05) is 33.4 Å². The summed E-state index contributed by atoms with van der Waals surface area (Å²) in [6, 6.07) is 19.7. The molecule has 126 valence electrons. The number of pyridine rings is 2. The van der Waals surface area contributed by atoms with E-state index in [4.69, 9.17) is 4.98 Å². The van der Waals surface area contributed by atoms with Gasteiger partial charge in [-0.1, -0.05) is 50.2 Å². The molecule has 5 aromatic rings. The van der Waals surface area contributed by atoms with E-state index in [2.05, 4.69) is 67.4 Å². The lowest BCUT2D eigenvalue weighted by Crippen LogP contribution is -1.94. The molecular weight excluding hydrogens is 316 g/mol. The molecule has 0 spiro atoms. The normalized spacial score (nSPS) is 11.8. The Labute approximate surface area is 152 Å². The van der Waals surface area contributed by atoms with Gasteiger partial charge < -0.3 is 0 Å². The Kier molecular flexibility index (Phi) is 3.39. The van der Waals surface area contributed by atoms with Gasteiger partial charge in [-0.25, -0.2) is 0 Å². The van der Waals surface area contributed by atoms with Crippen LogP contribution in [0.3, 0.4) is 0 Å². The maximum Gasteiger partial charge on any atom is 0.0714 e. The van der Waals surface area contributed by atoms with Gasteiger partial charge in [-0.05, 0) is 47.4 Å². The van der Waals surface area contributed by atoms with Crippen molar-refractivity contribution in [1.29, 1.82) is 0 Å². The highest BCUT2D eigenvalue weighted by Gasteiger charge is 2.13. The fourth-order valence-corrected chi connectivity index (χ4v) is 4.07. The molecule has 0 N–H and O–H groups in total. The van der Waals surface area contributed by atoms with Gasteiger partial charge in [-0.15, -0.1) is 0 Å². The van der Waals surface area contributed by atoms with Crippen molar-refractivity contribution in [3.8, 4) is 0 Å². The molecule has 0 saturated carbocycles. The van der Waals surface area contributed by atoms with Crippen LogP contribution >= 0.6 is 0 Å². The van der Waals surface area contributed by atoms with Crippen molar-refractivity contribution in [3.05, 3.63) is 72.1 Å². The zero-order chi connectivity index (χ0) is 17.7. The minimum absolute atomic E-state index is 0.928. The van der Waals surface area contributed by atoms with E-state index in [1.807, 2.05) is 12.3 Å². The van der Waals surface area contributed by atoms with Crippen LogP contribution in [0.2, 0.25) is 0 Å². The van der Waals surface area contributed by atoms with Crippen LogP contribution in [0.5, 0.6) is 0 Å². The molecule has 0 fully saturated rings. The maximum atomic E-state index is 5.00. The fourth-order valence-electron chi connectivity index (χ4n) is 4.07. The molecule has 5 rings (SSSR count). The summed E-state index contributed by atoms with van der Waals surface area (Å²) in [5.74, 6) is 0. The number of fused-ring (bicyclic) bond motifs is 7. The molecule has 2 heterocycles. The van der Waals surface area contributed by atoms with Gasteiger partial charge in [0.1, 0.15) is 0 Å². The van der Waals surface area contributed by atoms with Crippen molar-refractivity contribution in [3.63, 3.8) is 0 Å². The third-order valence-electron chi connectivity index (χ3n) is 5.41. The number of benzene rings is 3. The number of aromatic nitrogens is 2. The summed E-state index contributed by atoms with van der Waals surface area (Å²) in [7, 11) is 0. The second kappa shape index (κ2) is 5.77. The van der Waals surface area contributed by atoms with E-state index in [0.717, 1.165) is 23.9 Å². The van der Waals surface area contributed by atoms with Crippen molar-refractivity contribution < 1.29 is 0 Å².